The van der Waals surface area contributed by atoms with E-state index in [-0.39, 0.29) is 24.5 Å². The average Bonchev–Trinajstić information content (AvgIpc) is 2.30. The Kier molecular flexibility index (Phi) is 4.39. The molecule has 0 saturated heterocycles. The van der Waals surface area contributed by atoms with Crippen molar-refractivity contribution in [2.45, 2.75) is 12.5 Å². The summed E-state index contributed by atoms with van der Waals surface area (Å²) in [6.45, 7) is -0.327. The largest absolute Gasteiger partial charge is 0.504 e. The van der Waals surface area contributed by atoms with Gasteiger partial charge in [-0.3, -0.25) is 0 Å². The lowest BCUT2D eigenvalue weighted by Crippen LogP contribution is -2.15. The van der Waals surface area contributed by atoms with Crippen LogP contribution in [0.2, 0.25) is 0 Å². The Hall–Kier alpha value is -1.46. The van der Waals surface area contributed by atoms with Crippen LogP contribution < -0.4 is 9.47 Å². The molecule has 1 atom stereocenters. The summed E-state index contributed by atoms with van der Waals surface area (Å²) in [5.41, 5.74) is 0.665. The quantitative estimate of drug-likeness (QED) is 0.675. The number of hydrogen-bond acceptors (Lipinski definition) is 5. The highest BCUT2D eigenvalue weighted by atomic mass is 16.5. The topological polar surface area (TPSA) is 79.2 Å². The Labute approximate surface area is 93.9 Å². The molecule has 0 aliphatic carbocycles. The van der Waals surface area contributed by atoms with Crippen LogP contribution in [-0.2, 0) is 6.42 Å². The van der Waals surface area contributed by atoms with Gasteiger partial charge in [0.1, 0.15) is 0 Å². The van der Waals surface area contributed by atoms with Crippen LogP contribution in [0.4, 0.5) is 0 Å². The number of phenols is 1. The number of aromatic hydroxyl groups is 1. The van der Waals surface area contributed by atoms with Gasteiger partial charge in [-0.05, 0) is 6.07 Å². The molecule has 16 heavy (non-hydrogen) atoms. The molecule has 0 spiro atoms. The molecule has 3 N–H and O–H groups in total. The minimum absolute atomic E-state index is 0.0263. The van der Waals surface area contributed by atoms with Crippen molar-refractivity contribution in [1.82, 2.24) is 0 Å². The molecule has 1 rings (SSSR count). The number of rotatable bonds is 5. The Morgan fingerprint density at radius 2 is 1.81 bits per heavy atom. The van der Waals surface area contributed by atoms with Gasteiger partial charge in [0.05, 0.1) is 26.9 Å². The van der Waals surface area contributed by atoms with Crippen molar-refractivity contribution in [3.8, 4) is 17.2 Å². The van der Waals surface area contributed by atoms with Gasteiger partial charge in [0.2, 0.25) is 5.75 Å². The fourth-order valence-corrected chi connectivity index (χ4v) is 1.49. The lowest BCUT2D eigenvalue weighted by Gasteiger charge is -2.15. The number of benzene rings is 1. The molecule has 5 nitrogen and oxygen atoms in total. The maximum Gasteiger partial charge on any atom is 0.203 e. The van der Waals surface area contributed by atoms with Crippen LogP contribution in [-0.4, -0.2) is 42.3 Å². The number of phenolic OH excluding ortho intramolecular Hbond substituents is 1. The third-order valence-corrected chi connectivity index (χ3v) is 2.25. The van der Waals surface area contributed by atoms with Crippen LogP contribution >= 0.6 is 0 Å². The summed E-state index contributed by atoms with van der Waals surface area (Å²) in [7, 11) is 2.87. The van der Waals surface area contributed by atoms with Crippen molar-refractivity contribution in [1.29, 1.82) is 0 Å². The standard InChI is InChI=1S/C11H16O5/c1-15-10-7(5-8(13)6-12)3-4-9(14)11(10)16-2/h3-4,8,12-14H,5-6H2,1-2H3. The Balaban J connectivity index is 3.09. The van der Waals surface area contributed by atoms with Gasteiger partial charge in [0, 0.05) is 12.0 Å². The van der Waals surface area contributed by atoms with E-state index in [0.717, 1.165) is 0 Å². The highest BCUT2D eigenvalue weighted by Crippen LogP contribution is 2.39. The fraction of sp³-hybridized carbons (Fsp3) is 0.455. The Bertz CT molecular complexity index is 350. The van der Waals surface area contributed by atoms with Gasteiger partial charge in [-0.25, -0.2) is 0 Å². The number of ether oxygens (including phenoxy) is 2. The summed E-state index contributed by atoms with van der Waals surface area (Å²) in [6.07, 6.45) is -0.626. The zero-order chi connectivity index (χ0) is 12.1. The summed E-state index contributed by atoms with van der Waals surface area (Å²) in [5, 5.41) is 27.6. The summed E-state index contributed by atoms with van der Waals surface area (Å²) in [5.74, 6) is 0.571. The van der Waals surface area contributed by atoms with Crippen LogP contribution in [0.3, 0.4) is 0 Å². The molecule has 0 radical (unpaired) electrons. The van der Waals surface area contributed by atoms with E-state index in [0.29, 0.717) is 11.3 Å². The molecule has 1 unspecified atom stereocenters. The smallest absolute Gasteiger partial charge is 0.203 e. The Morgan fingerprint density at radius 3 is 2.31 bits per heavy atom. The molecular formula is C11H16O5. The lowest BCUT2D eigenvalue weighted by atomic mass is 10.1. The molecular weight excluding hydrogens is 212 g/mol. The van der Waals surface area contributed by atoms with Gasteiger partial charge in [-0.2, -0.15) is 0 Å². The highest BCUT2D eigenvalue weighted by molar-refractivity contribution is 5.55. The fourth-order valence-electron chi connectivity index (χ4n) is 1.49. The summed E-state index contributed by atoms with van der Waals surface area (Å²) < 4.78 is 10.1. The molecule has 0 bridgehead atoms. The van der Waals surface area contributed by atoms with Crippen LogP contribution in [0.25, 0.3) is 0 Å². The predicted molar refractivity (Wildman–Crippen MR) is 58.0 cm³/mol. The van der Waals surface area contributed by atoms with E-state index < -0.39 is 6.10 Å². The van der Waals surface area contributed by atoms with Crippen LogP contribution in [0.15, 0.2) is 12.1 Å². The van der Waals surface area contributed by atoms with E-state index >= 15 is 0 Å². The predicted octanol–water partition coefficient (Wildman–Crippen LogP) is 0.305. The maximum atomic E-state index is 9.52. The van der Waals surface area contributed by atoms with Gasteiger partial charge in [0.15, 0.2) is 11.5 Å². The van der Waals surface area contributed by atoms with Crippen molar-refractivity contribution in [3.05, 3.63) is 17.7 Å². The first-order chi connectivity index (χ1) is 7.63. The highest BCUT2D eigenvalue weighted by Gasteiger charge is 2.16. The Morgan fingerprint density at radius 1 is 1.19 bits per heavy atom. The number of aliphatic hydroxyl groups excluding tert-OH is 2. The van der Waals surface area contributed by atoms with Gasteiger partial charge in [0.25, 0.3) is 0 Å². The van der Waals surface area contributed by atoms with Crippen molar-refractivity contribution >= 4 is 0 Å². The molecule has 0 aliphatic rings. The third kappa shape index (κ3) is 2.56. The van der Waals surface area contributed by atoms with E-state index in [4.69, 9.17) is 14.6 Å². The van der Waals surface area contributed by atoms with Crippen molar-refractivity contribution in [3.63, 3.8) is 0 Å². The molecule has 1 aromatic rings. The van der Waals surface area contributed by atoms with Gasteiger partial charge >= 0.3 is 0 Å². The molecule has 0 aromatic heterocycles. The van der Waals surface area contributed by atoms with Gasteiger partial charge in [-0.15, -0.1) is 0 Å². The van der Waals surface area contributed by atoms with Crippen molar-refractivity contribution in [2.75, 3.05) is 20.8 Å². The SMILES string of the molecule is COc1c(O)ccc(CC(O)CO)c1OC. The summed E-state index contributed by atoms with van der Waals surface area (Å²) in [4.78, 5) is 0. The molecule has 0 aliphatic heterocycles. The van der Waals surface area contributed by atoms with E-state index in [9.17, 15) is 10.2 Å². The average molecular weight is 228 g/mol. The molecule has 0 fully saturated rings. The molecule has 0 amide bonds. The van der Waals surface area contributed by atoms with Gasteiger partial charge < -0.3 is 24.8 Å². The zero-order valence-corrected chi connectivity index (χ0v) is 9.30. The molecule has 90 valence electrons. The monoisotopic (exact) mass is 228 g/mol. The van der Waals surface area contributed by atoms with Gasteiger partial charge in [-0.1, -0.05) is 6.07 Å². The zero-order valence-electron chi connectivity index (χ0n) is 9.30. The van der Waals surface area contributed by atoms with Crippen LogP contribution in [0.5, 0.6) is 17.2 Å². The molecule has 1 aromatic carbocycles. The summed E-state index contributed by atoms with van der Waals surface area (Å²) >= 11 is 0. The van der Waals surface area contributed by atoms with E-state index in [1.807, 2.05) is 0 Å². The summed E-state index contributed by atoms with van der Waals surface area (Å²) in [6, 6.07) is 3.08. The first kappa shape index (κ1) is 12.6. The lowest BCUT2D eigenvalue weighted by molar-refractivity contribution is 0.0948. The second-order valence-corrected chi connectivity index (χ2v) is 3.35. The van der Waals surface area contributed by atoms with Crippen molar-refractivity contribution < 1.29 is 24.8 Å². The molecule has 5 heteroatoms. The molecule has 0 saturated carbocycles. The number of hydrogen-bond donors (Lipinski definition) is 3. The second kappa shape index (κ2) is 5.58. The van der Waals surface area contributed by atoms with E-state index in [1.54, 1.807) is 6.07 Å². The minimum atomic E-state index is -0.858. The molecule has 0 heterocycles. The second-order valence-electron chi connectivity index (χ2n) is 3.35. The van der Waals surface area contributed by atoms with Crippen LogP contribution in [0, 0.1) is 0 Å². The maximum absolute atomic E-state index is 9.52. The third-order valence-electron chi connectivity index (χ3n) is 2.25. The van der Waals surface area contributed by atoms with E-state index in [1.165, 1.54) is 20.3 Å². The first-order valence-electron chi connectivity index (χ1n) is 4.85. The normalized spacial score (nSPS) is 12.2. The van der Waals surface area contributed by atoms with Crippen molar-refractivity contribution in [2.24, 2.45) is 0 Å². The number of methoxy groups -OCH3 is 2. The van der Waals surface area contributed by atoms with E-state index in [2.05, 4.69) is 0 Å². The number of aliphatic hydroxyl groups is 2. The first-order valence-corrected chi connectivity index (χ1v) is 4.85. The minimum Gasteiger partial charge on any atom is -0.504 e. The van der Waals surface area contributed by atoms with Crippen LogP contribution in [0.1, 0.15) is 5.56 Å².